The molecule has 0 bridgehead atoms. The van der Waals surface area contributed by atoms with Gasteiger partial charge in [0, 0.05) is 6.42 Å². The number of hydrogen-bond acceptors (Lipinski definition) is 7. The number of imidazole rings is 1. The van der Waals surface area contributed by atoms with Gasteiger partial charge < -0.3 is 20.7 Å². The number of aliphatic hydroxyl groups excluding tert-OH is 2. The molecule has 0 saturated carbocycles. The molecule has 1 aliphatic heterocycles. The predicted octanol–water partition coefficient (Wildman–Crippen LogP) is -0.951. The highest BCUT2D eigenvalue weighted by molar-refractivity contribution is 5.81. The fourth-order valence-electron chi connectivity index (χ4n) is 2.03. The van der Waals surface area contributed by atoms with Gasteiger partial charge in [0.05, 0.1) is 19.0 Å². The van der Waals surface area contributed by atoms with Gasteiger partial charge in [0.2, 0.25) is 0 Å². The van der Waals surface area contributed by atoms with Crippen LogP contribution in [-0.2, 0) is 4.74 Å². The van der Waals surface area contributed by atoms with Crippen molar-refractivity contribution in [2.75, 3.05) is 12.3 Å². The number of aromatic nitrogens is 4. The number of fused-ring (bicyclic) bond motifs is 1. The summed E-state index contributed by atoms with van der Waals surface area (Å²) in [7, 11) is 0. The Balaban J connectivity index is 1.98. The van der Waals surface area contributed by atoms with E-state index in [9.17, 15) is 10.2 Å². The van der Waals surface area contributed by atoms with Gasteiger partial charge in [-0.05, 0) is 0 Å². The molecule has 0 unspecified atom stereocenters. The molecule has 96 valence electrons. The summed E-state index contributed by atoms with van der Waals surface area (Å²) in [5.74, 6) is 0.301. The molecule has 0 radical (unpaired) electrons. The molecule has 0 aliphatic carbocycles. The van der Waals surface area contributed by atoms with Crippen LogP contribution in [0.5, 0.6) is 0 Å². The van der Waals surface area contributed by atoms with E-state index in [1.165, 1.54) is 6.33 Å². The van der Waals surface area contributed by atoms with Gasteiger partial charge in [-0.15, -0.1) is 0 Å². The average molecular weight is 251 g/mol. The number of nitrogens with two attached hydrogens (primary N) is 1. The first kappa shape index (κ1) is 11.3. The van der Waals surface area contributed by atoms with Gasteiger partial charge in [-0.3, -0.25) is 4.57 Å². The zero-order valence-corrected chi connectivity index (χ0v) is 9.47. The molecule has 8 nitrogen and oxygen atoms in total. The predicted molar refractivity (Wildman–Crippen MR) is 61.4 cm³/mol. The molecule has 2 aromatic heterocycles. The summed E-state index contributed by atoms with van der Waals surface area (Å²) >= 11 is 0. The molecule has 0 spiro atoms. The van der Waals surface area contributed by atoms with Gasteiger partial charge in [0.15, 0.2) is 11.5 Å². The van der Waals surface area contributed by atoms with Crippen molar-refractivity contribution >= 4 is 17.0 Å². The van der Waals surface area contributed by atoms with Crippen molar-refractivity contribution in [2.24, 2.45) is 0 Å². The van der Waals surface area contributed by atoms with Gasteiger partial charge in [0.25, 0.3) is 0 Å². The fraction of sp³-hybridized carbons (Fsp3) is 0.500. The number of ether oxygens (including phenoxy) is 1. The van der Waals surface area contributed by atoms with E-state index in [2.05, 4.69) is 15.0 Å². The molecule has 1 aliphatic rings. The number of rotatable bonds is 1. The van der Waals surface area contributed by atoms with Gasteiger partial charge in [-0.1, -0.05) is 0 Å². The van der Waals surface area contributed by atoms with Crippen LogP contribution in [-0.4, -0.2) is 48.5 Å². The van der Waals surface area contributed by atoms with Crippen LogP contribution in [0.1, 0.15) is 12.6 Å². The van der Waals surface area contributed by atoms with Crippen molar-refractivity contribution in [3.8, 4) is 0 Å². The molecule has 2 aromatic rings. The first-order chi connectivity index (χ1) is 8.66. The van der Waals surface area contributed by atoms with E-state index in [1.54, 1.807) is 10.9 Å². The Morgan fingerprint density at radius 1 is 1.28 bits per heavy atom. The molecular weight excluding hydrogens is 238 g/mol. The van der Waals surface area contributed by atoms with Gasteiger partial charge in [-0.2, -0.15) is 0 Å². The molecule has 0 amide bonds. The molecule has 0 aromatic carbocycles. The SMILES string of the molecule is Nc1ncnc2c1ncn2[C@@H]1C[C@H](O)[C@H](O)CO1. The number of nitrogen functional groups attached to an aromatic ring is 1. The Morgan fingerprint density at radius 3 is 2.89 bits per heavy atom. The number of nitrogens with zero attached hydrogens (tertiary/aromatic N) is 4. The van der Waals surface area contributed by atoms with Crippen molar-refractivity contribution in [3.05, 3.63) is 12.7 Å². The van der Waals surface area contributed by atoms with Crippen LogP contribution in [0.15, 0.2) is 12.7 Å². The van der Waals surface area contributed by atoms with Crippen molar-refractivity contribution in [1.82, 2.24) is 19.5 Å². The molecule has 3 heterocycles. The van der Waals surface area contributed by atoms with E-state index in [1.807, 2.05) is 0 Å². The normalized spacial score (nSPS) is 28.7. The second-order valence-corrected chi connectivity index (χ2v) is 4.24. The minimum atomic E-state index is -0.851. The lowest BCUT2D eigenvalue weighted by atomic mass is 10.1. The first-order valence-electron chi connectivity index (χ1n) is 5.57. The van der Waals surface area contributed by atoms with Gasteiger partial charge >= 0.3 is 0 Å². The Labute approximate surface area is 102 Å². The molecular formula is C10H13N5O3. The van der Waals surface area contributed by atoms with Crippen LogP contribution in [0.4, 0.5) is 5.82 Å². The van der Waals surface area contributed by atoms with E-state index in [0.29, 0.717) is 17.0 Å². The zero-order valence-electron chi connectivity index (χ0n) is 9.47. The minimum Gasteiger partial charge on any atom is -0.390 e. The van der Waals surface area contributed by atoms with Crippen LogP contribution >= 0.6 is 0 Å². The summed E-state index contributed by atoms with van der Waals surface area (Å²) in [6.07, 6.45) is 1.09. The summed E-state index contributed by atoms with van der Waals surface area (Å²) in [6.45, 7) is 0.0755. The lowest BCUT2D eigenvalue weighted by molar-refractivity contribution is -0.144. The maximum absolute atomic E-state index is 9.65. The summed E-state index contributed by atoms with van der Waals surface area (Å²) < 4.78 is 7.15. The lowest BCUT2D eigenvalue weighted by Gasteiger charge is -2.31. The number of aliphatic hydroxyl groups is 2. The Bertz CT molecular complexity index is 572. The number of hydrogen-bond donors (Lipinski definition) is 3. The highest BCUT2D eigenvalue weighted by Crippen LogP contribution is 2.26. The van der Waals surface area contributed by atoms with Crippen molar-refractivity contribution in [2.45, 2.75) is 24.9 Å². The third kappa shape index (κ3) is 1.70. The smallest absolute Gasteiger partial charge is 0.167 e. The quantitative estimate of drug-likeness (QED) is 0.597. The minimum absolute atomic E-state index is 0.0755. The van der Waals surface area contributed by atoms with Crippen LogP contribution in [0, 0.1) is 0 Å². The van der Waals surface area contributed by atoms with E-state index in [0.717, 1.165) is 0 Å². The first-order valence-corrected chi connectivity index (χ1v) is 5.57. The van der Waals surface area contributed by atoms with Crippen molar-refractivity contribution in [1.29, 1.82) is 0 Å². The van der Waals surface area contributed by atoms with Crippen LogP contribution in [0.3, 0.4) is 0 Å². The van der Waals surface area contributed by atoms with E-state index in [4.69, 9.17) is 10.5 Å². The lowest BCUT2D eigenvalue weighted by Crippen LogP contribution is -2.39. The van der Waals surface area contributed by atoms with E-state index < -0.39 is 18.4 Å². The average Bonchev–Trinajstić information content (AvgIpc) is 2.78. The highest BCUT2D eigenvalue weighted by Gasteiger charge is 2.30. The molecule has 1 fully saturated rings. The standard InChI is InChI=1S/C10H13N5O3/c11-9-8-10(13-3-12-9)15(4-14-8)7-1-5(16)6(17)2-18-7/h3-7,16-17H,1-2H2,(H2,11,12,13)/t5-,6+,7-/m0/s1. The maximum Gasteiger partial charge on any atom is 0.167 e. The summed E-state index contributed by atoms with van der Waals surface area (Å²) in [6, 6.07) is 0. The molecule has 1 saturated heterocycles. The topological polar surface area (TPSA) is 119 Å². The second-order valence-electron chi connectivity index (χ2n) is 4.24. The molecule has 18 heavy (non-hydrogen) atoms. The third-order valence-corrected chi connectivity index (χ3v) is 3.04. The summed E-state index contributed by atoms with van der Waals surface area (Å²) in [5.41, 5.74) is 6.74. The van der Waals surface area contributed by atoms with Crippen molar-refractivity contribution in [3.63, 3.8) is 0 Å². The fourth-order valence-corrected chi connectivity index (χ4v) is 2.03. The van der Waals surface area contributed by atoms with Crippen molar-refractivity contribution < 1.29 is 14.9 Å². The third-order valence-electron chi connectivity index (χ3n) is 3.04. The van der Waals surface area contributed by atoms with Crippen LogP contribution in [0.2, 0.25) is 0 Å². The van der Waals surface area contributed by atoms with E-state index >= 15 is 0 Å². The zero-order chi connectivity index (χ0) is 12.7. The summed E-state index contributed by atoms with van der Waals surface area (Å²) in [5, 5.41) is 19.1. The van der Waals surface area contributed by atoms with Crippen LogP contribution in [0.25, 0.3) is 11.2 Å². The summed E-state index contributed by atoms with van der Waals surface area (Å²) in [4.78, 5) is 12.1. The Hall–Kier alpha value is -1.77. The molecule has 3 rings (SSSR count). The molecule has 3 atom stereocenters. The van der Waals surface area contributed by atoms with Crippen LogP contribution < -0.4 is 5.73 Å². The van der Waals surface area contributed by atoms with E-state index in [-0.39, 0.29) is 13.0 Å². The monoisotopic (exact) mass is 251 g/mol. The number of anilines is 1. The molecule has 4 N–H and O–H groups in total. The van der Waals surface area contributed by atoms with Gasteiger partial charge in [-0.25, -0.2) is 15.0 Å². The Morgan fingerprint density at radius 2 is 2.11 bits per heavy atom. The Kier molecular flexibility index (Phi) is 2.62. The highest BCUT2D eigenvalue weighted by atomic mass is 16.5. The molecule has 8 heteroatoms. The largest absolute Gasteiger partial charge is 0.390 e. The maximum atomic E-state index is 9.65. The second kappa shape index (κ2) is 4.16. The van der Waals surface area contributed by atoms with Gasteiger partial charge in [0.1, 0.15) is 24.2 Å².